The van der Waals surface area contributed by atoms with E-state index >= 15 is 0 Å². The summed E-state index contributed by atoms with van der Waals surface area (Å²) in [5.74, 6) is 3.93. The highest BCUT2D eigenvalue weighted by molar-refractivity contribution is 6.31. The average molecular weight is 211 g/mol. The van der Waals surface area contributed by atoms with Crippen LogP contribution >= 0.6 is 11.6 Å². The zero-order valence-corrected chi connectivity index (χ0v) is 7.88. The van der Waals surface area contributed by atoms with Gasteiger partial charge in [0.1, 0.15) is 6.61 Å². The first-order valence-corrected chi connectivity index (χ1v) is 4.15. The van der Waals surface area contributed by atoms with Crippen LogP contribution < -0.4 is 0 Å². The van der Waals surface area contributed by atoms with Crippen molar-refractivity contribution in [3.63, 3.8) is 0 Å². The van der Waals surface area contributed by atoms with E-state index in [0.717, 1.165) is 0 Å². The standard InChI is InChI=1S/C10H7ClO3/c11-9-4-3-8(10(13)14)6-7(9)2-1-5-12/h3-4,6,12H,5H2,(H,13,14). The Kier molecular flexibility index (Phi) is 3.52. The fraction of sp³-hybridized carbons (Fsp3) is 0.100. The van der Waals surface area contributed by atoms with Crippen molar-refractivity contribution in [3.05, 3.63) is 34.3 Å². The highest BCUT2D eigenvalue weighted by Crippen LogP contribution is 2.16. The molecule has 1 rings (SSSR count). The number of aliphatic hydroxyl groups is 1. The summed E-state index contributed by atoms with van der Waals surface area (Å²) in [7, 11) is 0. The Morgan fingerprint density at radius 1 is 1.50 bits per heavy atom. The molecule has 0 unspecified atom stereocenters. The van der Waals surface area contributed by atoms with E-state index in [1.54, 1.807) is 0 Å². The van der Waals surface area contributed by atoms with E-state index in [1.807, 2.05) is 0 Å². The molecule has 14 heavy (non-hydrogen) atoms. The fourth-order valence-electron chi connectivity index (χ4n) is 0.889. The van der Waals surface area contributed by atoms with E-state index in [1.165, 1.54) is 18.2 Å². The number of benzene rings is 1. The van der Waals surface area contributed by atoms with Crippen molar-refractivity contribution in [2.45, 2.75) is 0 Å². The molecule has 4 heteroatoms. The molecule has 0 fully saturated rings. The van der Waals surface area contributed by atoms with Crippen LogP contribution in [0.25, 0.3) is 0 Å². The number of aliphatic hydroxyl groups excluding tert-OH is 1. The van der Waals surface area contributed by atoms with Crippen LogP contribution in [0, 0.1) is 11.8 Å². The molecule has 0 saturated carbocycles. The summed E-state index contributed by atoms with van der Waals surface area (Å²) >= 11 is 5.76. The Morgan fingerprint density at radius 3 is 2.79 bits per heavy atom. The van der Waals surface area contributed by atoms with E-state index in [0.29, 0.717) is 10.6 Å². The SMILES string of the molecule is O=C(O)c1ccc(Cl)c(C#CCO)c1. The lowest BCUT2D eigenvalue weighted by atomic mass is 10.1. The highest BCUT2D eigenvalue weighted by atomic mass is 35.5. The van der Waals surface area contributed by atoms with Crippen molar-refractivity contribution in [1.82, 2.24) is 0 Å². The summed E-state index contributed by atoms with van der Waals surface area (Å²) in [6.45, 7) is -0.284. The molecule has 72 valence electrons. The number of carbonyl (C=O) groups is 1. The number of carboxylic acid groups (broad SMARTS) is 1. The first kappa shape index (κ1) is 10.6. The second-order valence-electron chi connectivity index (χ2n) is 2.46. The summed E-state index contributed by atoms with van der Waals surface area (Å²) in [5.41, 5.74) is 0.525. The Labute approximate surface area is 85.9 Å². The van der Waals surface area contributed by atoms with Gasteiger partial charge in [-0.15, -0.1) is 0 Å². The number of carboxylic acids is 1. The Bertz CT molecular complexity index is 415. The van der Waals surface area contributed by atoms with Crippen molar-refractivity contribution in [2.24, 2.45) is 0 Å². The third kappa shape index (κ3) is 2.49. The molecule has 0 radical (unpaired) electrons. The third-order valence-corrected chi connectivity index (χ3v) is 1.85. The molecular weight excluding hydrogens is 204 g/mol. The van der Waals surface area contributed by atoms with Crippen molar-refractivity contribution >= 4 is 17.6 Å². The van der Waals surface area contributed by atoms with Crippen molar-refractivity contribution in [3.8, 4) is 11.8 Å². The van der Waals surface area contributed by atoms with Crippen LogP contribution in [0.2, 0.25) is 5.02 Å². The molecular formula is C10H7ClO3. The number of halogens is 1. The summed E-state index contributed by atoms with van der Waals surface area (Å²) in [6.07, 6.45) is 0. The minimum Gasteiger partial charge on any atom is -0.478 e. The Morgan fingerprint density at radius 2 is 2.21 bits per heavy atom. The lowest BCUT2D eigenvalue weighted by Crippen LogP contribution is -1.96. The number of rotatable bonds is 1. The molecule has 0 saturated heterocycles. The third-order valence-electron chi connectivity index (χ3n) is 1.52. The van der Waals surface area contributed by atoms with Gasteiger partial charge >= 0.3 is 5.97 Å². The normalized spacial score (nSPS) is 9.00. The van der Waals surface area contributed by atoms with E-state index in [9.17, 15) is 4.79 Å². The van der Waals surface area contributed by atoms with Gasteiger partial charge in [0.15, 0.2) is 0 Å². The van der Waals surface area contributed by atoms with Gasteiger partial charge in [-0.05, 0) is 18.2 Å². The molecule has 0 atom stereocenters. The van der Waals surface area contributed by atoms with Gasteiger partial charge in [0.2, 0.25) is 0 Å². The van der Waals surface area contributed by atoms with Crippen LogP contribution in [-0.2, 0) is 0 Å². The molecule has 0 bridgehead atoms. The van der Waals surface area contributed by atoms with Crippen LogP contribution in [0.15, 0.2) is 18.2 Å². The number of hydrogen-bond donors (Lipinski definition) is 2. The first-order valence-electron chi connectivity index (χ1n) is 3.77. The Hall–Kier alpha value is -1.50. The molecule has 0 amide bonds. The highest BCUT2D eigenvalue weighted by Gasteiger charge is 2.05. The quantitative estimate of drug-likeness (QED) is 0.689. The molecule has 0 heterocycles. The number of hydrogen-bond acceptors (Lipinski definition) is 2. The van der Waals surface area contributed by atoms with Crippen LogP contribution in [-0.4, -0.2) is 22.8 Å². The minimum atomic E-state index is -1.03. The van der Waals surface area contributed by atoms with Gasteiger partial charge < -0.3 is 10.2 Å². The molecule has 0 aliphatic heterocycles. The minimum absolute atomic E-state index is 0.122. The fourth-order valence-corrected chi connectivity index (χ4v) is 1.05. The lowest BCUT2D eigenvalue weighted by molar-refractivity contribution is 0.0697. The summed E-state index contributed by atoms with van der Waals surface area (Å²) < 4.78 is 0. The largest absolute Gasteiger partial charge is 0.478 e. The van der Waals surface area contributed by atoms with Crippen molar-refractivity contribution in [1.29, 1.82) is 0 Å². The van der Waals surface area contributed by atoms with Gasteiger partial charge in [-0.25, -0.2) is 4.79 Å². The predicted octanol–water partition coefficient (Wildman–Crippen LogP) is 1.38. The zero-order valence-electron chi connectivity index (χ0n) is 7.12. The van der Waals surface area contributed by atoms with Gasteiger partial charge in [-0.1, -0.05) is 23.4 Å². The van der Waals surface area contributed by atoms with Crippen LogP contribution in [0.5, 0.6) is 0 Å². The topological polar surface area (TPSA) is 57.5 Å². The summed E-state index contributed by atoms with van der Waals surface area (Å²) in [6, 6.07) is 4.23. The smallest absolute Gasteiger partial charge is 0.335 e. The van der Waals surface area contributed by atoms with Gasteiger partial charge in [0, 0.05) is 5.56 Å². The maximum atomic E-state index is 10.6. The lowest BCUT2D eigenvalue weighted by Gasteiger charge is -1.97. The van der Waals surface area contributed by atoms with E-state index in [2.05, 4.69) is 11.8 Å². The van der Waals surface area contributed by atoms with Gasteiger partial charge in [0.05, 0.1) is 10.6 Å². The summed E-state index contributed by atoms with van der Waals surface area (Å²) in [4.78, 5) is 10.6. The van der Waals surface area contributed by atoms with Crippen LogP contribution in [0.1, 0.15) is 15.9 Å². The van der Waals surface area contributed by atoms with Crippen LogP contribution in [0.3, 0.4) is 0 Å². The molecule has 1 aromatic rings. The molecule has 2 N–H and O–H groups in total. The number of aromatic carboxylic acids is 1. The molecule has 0 aliphatic rings. The maximum Gasteiger partial charge on any atom is 0.335 e. The molecule has 0 aromatic heterocycles. The molecule has 0 spiro atoms. The van der Waals surface area contributed by atoms with Gasteiger partial charge in [-0.3, -0.25) is 0 Å². The molecule has 1 aromatic carbocycles. The maximum absolute atomic E-state index is 10.6. The molecule has 0 aliphatic carbocycles. The van der Waals surface area contributed by atoms with E-state index in [-0.39, 0.29) is 12.2 Å². The van der Waals surface area contributed by atoms with E-state index < -0.39 is 5.97 Å². The Balaban J connectivity index is 3.14. The van der Waals surface area contributed by atoms with E-state index in [4.69, 9.17) is 21.8 Å². The molecule has 3 nitrogen and oxygen atoms in total. The second-order valence-corrected chi connectivity index (χ2v) is 2.87. The monoisotopic (exact) mass is 210 g/mol. The predicted molar refractivity (Wildman–Crippen MR) is 52.4 cm³/mol. The second kappa shape index (κ2) is 4.66. The van der Waals surface area contributed by atoms with Crippen molar-refractivity contribution in [2.75, 3.05) is 6.61 Å². The average Bonchev–Trinajstić information content (AvgIpc) is 2.16. The van der Waals surface area contributed by atoms with Gasteiger partial charge in [-0.2, -0.15) is 0 Å². The summed E-state index contributed by atoms with van der Waals surface area (Å²) in [5, 5.41) is 17.5. The van der Waals surface area contributed by atoms with Gasteiger partial charge in [0.25, 0.3) is 0 Å². The van der Waals surface area contributed by atoms with Crippen molar-refractivity contribution < 1.29 is 15.0 Å². The zero-order chi connectivity index (χ0) is 10.6. The van der Waals surface area contributed by atoms with Crippen LogP contribution in [0.4, 0.5) is 0 Å². The first-order chi connectivity index (χ1) is 6.65.